The van der Waals surface area contributed by atoms with Crippen molar-refractivity contribution in [3.63, 3.8) is 0 Å². The van der Waals surface area contributed by atoms with E-state index in [1.54, 1.807) is 6.08 Å². The Kier molecular flexibility index (Phi) is 4.08. The molecule has 90 valence electrons. The SMILES string of the molecule is Cc1ccccc1-c1ccc(C/C=C\C=N)cc1. The zero-order valence-corrected chi connectivity index (χ0v) is 10.6. The average molecular weight is 235 g/mol. The van der Waals surface area contributed by atoms with Gasteiger partial charge < -0.3 is 5.41 Å². The molecule has 0 bridgehead atoms. The predicted molar refractivity (Wildman–Crippen MR) is 78.2 cm³/mol. The number of rotatable bonds is 4. The van der Waals surface area contributed by atoms with Crippen molar-refractivity contribution in [2.75, 3.05) is 0 Å². The average Bonchev–Trinajstić information content (AvgIpc) is 2.41. The highest BCUT2D eigenvalue weighted by Gasteiger charge is 2.00. The maximum absolute atomic E-state index is 6.93. The van der Waals surface area contributed by atoms with Crippen LogP contribution < -0.4 is 0 Å². The molecule has 0 spiro atoms. The van der Waals surface area contributed by atoms with Gasteiger partial charge >= 0.3 is 0 Å². The lowest BCUT2D eigenvalue weighted by Gasteiger charge is -2.06. The molecule has 0 aromatic heterocycles. The highest BCUT2D eigenvalue weighted by molar-refractivity contribution is 5.68. The lowest BCUT2D eigenvalue weighted by atomic mass is 9.99. The van der Waals surface area contributed by atoms with Gasteiger partial charge in [0, 0.05) is 6.21 Å². The molecule has 0 saturated carbocycles. The highest BCUT2D eigenvalue weighted by Crippen LogP contribution is 2.23. The van der Waals surface area contributed by atoms with Crippen LogP contribution in [0.5, 0.6) is 0 Å². The molecule has 1 nitrogen and oxygen atoms in total. The Morgan fingerprint density at radius 3 is 2.39 bits per heavy atom. The second-order valence-electron chi connectivity index (χ2n) is 4.31. The third kappa shape index (κ3) is 2.95. The molecule has 0 fully saturated rings. The maximum Gasteiger partial charge on any atom is 0.0174 e. The molecule has 2 aromatic carbocycles. The van der Waals surface area contributed by atoms with Crippen LogP contribution in [0.2, 0.25) is 0 Å². The van der Waals surface area contributed by atoms with E-state index in [0.717, 1.165) is 6.42 Å². The van der Waals surface area contributed by atoms with Crippen molar-refractivity contribution in [1.29, 1.82) is 5.41 Å². The molecule has 0 unspecified atom stereocenters. The van der Waals surface area contributed by atoms with Crippen LogP contribution in [0.25, 0.3) is 11.1 Å². The fraction of sp³-hybridized carbons (Fsp3) is 0.118. The molecule has 0 aliphatic heterocycles. The van der Waals surface area contributed by atoms with E-state index in [9.17, 15) is 0 Å². The third-order valence-corrected chi connectivity index (χ3v) is 3.00. The van der Waals surface area contributed by atoms with Crippen molar-refractivity contribution in [1.82, 2.24) is 0 Å². The molecule has 1 heteroatoms. The summed E-state index contributed by atoms with van der Waals surface area (Å²) >= 11 is 0. The van der Waals surface area contributed by atoms with Gasteiger partial charge in [-0.15, -0.1) is 0 Å². The first kappa shape index (κ1) is 12.3. The van der Waals surface area contributed by atoms with Crippen LogP contribution in [0.3, 0.4) is 0 Å². The smallest absolute Gasteiger partial charge is 0.0174 e. The standard InChI is InChI=1S/C17H17N/c1-14-6-2-3-8-17(14)16-11-9-15(10-12-16)7-4-5-13-18/h2-6,8-13,18H,7H2,1H3/b5-4-,18-13?. The Labute approximate surface area is 108 Å². The molecule has 18 heavy (non-hydrogen) atoms. The molecular weight excluding hydrogens is 218 g/mol. The van der Waals surface area contributed by atoms with Crippen molar-refractivity contribution in [3.05, 3.63) is 71.8 Å². The highest BCUT2D eigenvalue weighted by atomic mass is 14.3. The minimum atomic E-state index is 0.878. The number of allylic oxidation sites excluding steroid dienone is 2. The first-order valence-corrected chi connectivity index (χ1v) is 6.12. The summed E-state index contributed by atoms with van der Waals surface area (Å²) in [6, 6.07) is 17.0. The second kappa shape index (κ2) is 5.97. The second-order valence-corrected chi connectivity index (χ2v) is 4.31. The number of benzene rings is 2. The molecule has 0 heterocycles. The van der Waals surface area contributed by atoms with Gasteiger partial charge in [-0.2, -0.15) is 0 Å². The van der Waals surface area contributed by atoms with Gasteiger partial charge in [0.05, 0.1) is 0 Å². The lowest BCUT2D eigenvalue weighted by Crippen LogP contribution is -1.85. The summed E-state index contributed by atoms with van der Waals surface area (Å²) in [7, 11) is 0. The number of hydrogen-bond acceptors (Lipinski definition) is 1. The summed E-state index contributed by atoms with van der Waals surface area (Å²) in [6.07, 6.45) is 5.94. The van der Waals surface area contributed by atoms with E-state index in [-0.39, 0.29) is 0 Å². The van der Waals surface area contributed by atoms with Gasteiger partial charge in [-0.05, 0) is 41.7 Å². The minimum absolute atomic E-state index is 0.878. The van der Waals surface area contributed by atoms with Crippen LogP contribution >= 0.6 is 0 Å². The van der Waals surface area contributed by atoms with Crippen molar-refractivity contribution in [2.45, 2.75) is 13.3 Å². The topological polar surface area (TPSA) is 23.9 Å². The Morgan fingerprint density at radius 2 is 1.72 bits per heavy atom. The van der Waals surface area contributed by atoms with E-state index >= 15 is 0 Å². The Bertz CT molecular complexity index is 550. The fourth-order valence-electron chi connectivity index (χ4n) is 1.99. The molecule has 2 rings (SSSR count). The molecule has 0 aliphatic rings. The zero-order chi connectivity index (χ0) is 12.8. The molecule has 0 atom stereocenters. The van der Waals surface area contributed by atoms with Crippen LogP contribution in [0.1, 0.15) is 11.1 Å². The van der Waals surface area contributed by atoms with Crippen LogP contribution in [0.15, 0.2) is 60.7 Å². The molecule has 0 saturated heterocycles. The van der Waals surface area contributed by atoms with Crippen LogP contribution in [0.4, 0.5) is 0 Å². The molecule has 0 radical (unpaired) electrons. The normalized spacial score (nSPS) is 10.7. The summed E-state index contributed by atoms with van der Waals surface area (Å²) in [5.74, 6) is 0. The predicted octanol–water partition coefficient (Wildman–Crippen LogP) is 4.41. The molecule has 2 aromatic rings. The fourth-order valence-corrected chi connectivity index (χ4v) is 1.99. The van der Waals surface area contributed by atoms with Gasteiger partial charge in [-0.3, -0.25) is 0 Å². The molecule has 0 aliphatic carbocycles. The molecule has 1 N–H and O–H groups in total. The summed E-state index contributed by atoms with van der Waals surface area (Å²) in [5, 5.41) is 6.93. The Hall–Kier alpha value is -2.15. The monoisotopic (exact) mass is 235 g/mol. The van der Waals surface area contributed by atoms with E-state index in [0.29, 0.717) is 0 Å². The summed E-state index contributed by atoms with van der Waals surface area (Å²) in [4.78, 5) is 0. The Morgan fingerprint density at radius 1 is 1.00 bits per heavy atom. The number of nitrogens with one attached hydrogen (secondary N) is 1. The van der Waals surface area contributed by atoms with Crippen LogP contribution in [-0.2, 0) is 6.42 Å². The number of aryl methyl sites for hydroxylation is 1. The van der Waals surface area contributed by atoms with E-state index in [2.05, 4.69) is 55.5 Å². The van der Waals surface area contributed by atoms with Crippen LogP contribution in [-0.4, -0.2) is 6.21 Å². The van der Waals surface area contributed by atoms with E-state index in [4.69, 9.17) is 5.41 Å². The molecule has 0 amide bonds. The van der Waals surface area contributed by atoms with Gasteiger partial charge in [0.2, 0.25) is 0 Å². The van der Waals surface area contributed by atoms with E-state index < -0.39 is 0 Å². The zero-order valence-electron chi connectivity index (χ0n) is 10.6. The van der Waals surface area contributed by atoms with Gasteiger partial charge in [-0.25, -0.2) is 0 Å². The molecular formula is C17H17N. The largest absolute Gasteiger partial charge is 0.309 e. The third-order valence-electron chi connectivity index (χ3n) is 3.00. The summed E-state index contributed by atoms with van der Waals surface area (Å²) in [5.41, 5.74) is 5.12. The first-order valence-electron chi connectivity index (χ1n) is 6.12. The first-order chi connectivity index (χ1) is 8.81. The van der Waals surface area contributed by atoms with Gasteiger partial charge in [0.15, 0.2) is 0 Å². The van der Waals surface area contributed by atoms with Gasteiger partial charge in [0.1, 0.15) is 0 Å². The summed E-state index contributed by atoms with van der Waals surface area (Å²) < 4.78 is 0. The van der Waals surface area contributed by atoms with Crippen molar-refractivity contribution < 1.29 is 0 Å². The van der Waals surface area contributed by atoms with Crippen LogP contribution in [0, 0.1) is 12.3 Å². The quantitative estimate of drug-likeness (QED) is 0.759. The van der Waals surface area contributed by atoms with Gasteiger partial charge in [0.25, 0.3) is 0 Å². The minimum Gasteiger partial charge on any atom is -0.309 e. The summed E-state index contributed by atoms with van der Waals surface area (Å²) in [6.45, 7) is 2.13. The number of hydrogen-bond donors (Lipinski definition) is 1. The maximum atomic E-state index is 6.93. The van der Waals surface area contributed by atoms with Crippen molar-refractivity contribution in [2.24, 2.45) is 0 Å². The van der Waals surface area contributed by atoms with E-state index in [1.807, 2.05) is 6.08 Å². The van der Waals surface area contributed by atoms with E-state index in [1.165, 1.54) is 28.5 Å². The van der Waals surface area contributed by atoms with Crippen molar-refractivity contribution in [3.8, 4) is 11.1 Å². The lowest BCUT2D eigenvalue weighted by molar-refractivity contribution is 1.27. The Balaban J connectivity index is 2.20. The van der Waals surface area contributed by atoms with Gasteiger partial charge in [-0.1, -0.05) is 54.6 Å². The van der Waals surface area contributed by atoms with Crippen molar-refractivity contribution >= 4 is 6.21 Å².